The summed E-state index contributed by atoms with van der Waals surface area (Å²) < 4.78 is 0. The van der Waals surface area contributed by atoms with E-state index in [9.17, 15) is 0 Å². The molecule has 0 aromatic carbocycles. The molecule has 0 rings (SSSR count). The zero-order valence-corrected chi connectivity index (χ0v) is 6.96. The zero-order valence-electron chi connectivity index (χ0n) is 6.96. The summed E-state index contributed by atoms with van der Waals surface area (Å²) in [5, 5.41) is 44.5. The highest BCUT2D eigenvalue weighted by atomic mass is 16.4. The van der Waals surface area contributed by atoms with Crippen molar-refractivity contribution in [2.45, 2.75) is 37.8 Å². The van der Waals surface area contributed by atoms with Gasteiger partial charge in [-0.05, 0) is 6.42 Å². The van der Waals surface area contributed by atoms with E-state index in [0.29, 0.717) is 0 Å². The molecule has 0 heterocycles. The zero-order chi connectivity index (χ0) is 9.72. The van der Waals surface area contributed by atoms with Crippen LogP contribution >= 0.6 is 0 Å². The van der Waals surface area contributed by atoms with Crippen molar-refractivity contribution in [3.8, 4) is 0 Å². The van der Waals surface area contributed by atoms with Gasteiger partial charge in [-0.3, -0.25) is 0 Å². The summed E-state index contributed by atoms with van der Waals surface area (Å²) in [5.41, 5.74) is 0. The van der Waals surface area contributed by atoms with Crippen molar-refractivity contribution in [2.24, 2.45) is 0 Å². The minimum atomic E-state index is -1.51. The van der Waals surface area contributed by atoms with E-state index in [0.717, 1.165) is 0 Å². The molecule has 0 radical (unpaired) electrons. The maximum absolute atomic E-state index is 9.12. The van der Waals surface area contributed by atoms with E-state index in [1.807, 2.05) is 0 Å². The number of rotatable bonds is 5. The summed E-state index contributed by atoms with van der Waals surface area (Å²) in [7, 11) is 0. The summed E-state index contributed by atoms with van der Waals surface area (Å²) in [5.74, 6) is 0. The molecule has 12 heavy (non-hydrogen) atoms. The van der Waals surface area contributed by atoms with Crippen LogP contribution in [-0.2, 0) is 0 Å². The lowest BCUT2D eigenvalue weighted by atomic mass is 10.0. The van der Waals surface area contributed by atoms with E-state index in [-0.39, 0.29) is 6.42 Å². The minimum Gasteiger partial charge on any atom is -0.394 e. The van der Waals surface area contributed by atoms with E-state index in [2.05, 4.69) is 0 Å². The molecule has 4 atom stereocenters. The van der Waals surface area contributed by atoms with Gasteiger partial charge in [0, 0.05) is 0 Å². The van der Waals surface area contributed by atoms with Gasteiger partial charge >= 0.3 is 0 Å². The van der Waals surface area contributed by atoms with Crippen molar-refractivity contribution in [3.63, 3.8) is 0 Å². The first kappa shape index (κ1) is 11.8. The van der Waals surface area contributed by atoms with Crippen molar-refractivity contribution in [3.05, 3.63) is 0 Å². The van der Waals surface area contributed by atoms with Crippen molar-refractivity contribution in [1.82, 2.24) is 0 Å². The summed E-state index contributed by atoms with van der Waals surface area (Å²) in [6.45, 7) is 0.987. The van der Waals surface area contributed by atoms with Crippen LogP contribution in [0.3, 0.4) is 0 Å². The smallest absolute Gasteiger partial charge is 0.110 e. The van der Waals surface area contributed by atoms with Crippen molar-refractivity contribution < 1.29 is 25.5 Å². The minimum absolute atomic E-state index is 0.274. The predicted molar refractivity (Wildman–Crippen MR) is 41.4 cm³/mol. The highest BCUT2D eigenvalue weighted by Gasteiger charge is 2.28. The first-order valence-electron chi connectivity index (χ1n) is 3.87. The van der Waals surface area contributed by atoms with Crippen LogP contribution < -0.4 is 0 Å². The van der Waals surface area contributed by atoms with Gasteiger partial charge in [-0.15, -0.1) is 0 Å². The van der Waals surface area contributed by atoms with Gasteiger partial charge in [0.1, 0.15) is 18.3 Å². The molecular formula is C7H16O5. The molecule has 5 N–H and O–H groups in total. The lowest BCUT2D eigenvalue weighted by molar-refractivity contribution is -0.115. The molecule has 0 amide bonds. The Kier molecular flexibility index (Phi) is 5.36. The van der Waals surface area contributed by atoms with Crippen molar-refractivity contribution in [1.29, 1.82) is 0 Å². The fourth-order valence-electron chi connectivity index (χ4n) is 0.805. The second-order valence-corrected chi connectivity index (χ2v) is 2.71. The third kappa shape index (κ3) is 3.04. The highest BCUT2D eigenvalue weighted by Crippen LogP contribution is 2.06. The lowest BCUT2D eigenvalue weighted by Crippen LogP contribution is -2.45. The standard InChI is InChI=1S/C7H16O5/c1-2-4(9)6(11)7(12)5(10)3-8/h4-12H,2-3H2,1H3/t4-,5+,6+,7+/m1/s1. The molecule has 0 spiro atoms. The summed E-state index contributed by atoms with van der Waals surface area (Å²) in [6.07, 6.45) is -5.15. The summed E-state index contributed by atoms with van der Waals surface area (Å²) in [4.78, 5) is 0. The first-order valence-corrected chi connectivity index (χ1v) is 3.87. The molecule has 0 aliphatic carbocycles. The number of hydrogen-bond donors (Lipinski definition) is 5. The van der Waals surface area contributed by atoms with Gasteiger partial charge in [-0.2, -0.15) is 0 Å². The third-order valence-corrected chi connectivity index (χ3v) is 1.74. The van der Waals surface area contributed by atoms with E-state index < -0.39 is 31.0 Å². The third-order valence-electron chi connectivity index (χ3n) is 1.74. The van der Waals surface area contributed by atoms with Crippen LogP contribution in [0.1, 0.15) is 13.3 Å². The lowest BCUT2D eigenvalue weighted by Gasteiger charge is -2.24. The number of aliphatic hydroxyl groups is 5. The highest BCUT2D eigenvalue weighted by molar-refractivity contribution is 4.79. The molecule has 0 aliphatic rings. The van der Waals surface area contributed by atoms with Gasteiger partial charge in [0.15, 0.2) is 0 Å². The van der Waals surface area contributed by atoms with Gasteiger partial charge in [-0.1, -0.05) is 6.92 Å². The molecule has 0 bridgehead atoms. The van der Waals surface area contributed by atoms with Gasteiger partial charge in [0.2, 0.25) is 0 Å². The van der Waals surface area contributed by atoms with Crippen LogP contribution in [0.4, 0.5) is 0 Å². The van der Waals surface area contributed by atoms with Crippen molar-refractivity contribution >= 4 is 0 Å². The first-order chi connectivity index (χ1) is 5.54. The average molecular weight is 180 g/mol. The van der Waals surface area contributed by atoms with Crippen molar-refractivity contribution in [2.75, 3.05) is 6.61 Å². The Morgan fingerprint density at radius 1 is 0.917 bits per heavy atom. The maximum Gasteiger partial charge on any atom is 0.110 e. The molecule has 0 aliphatic heterocycles. The van der Waals surface area contributed by atoms with E-state index >= 15 is 0 Å². The van der Waals surface area contributed by atoms with Crippen LogP contribution in [0.2, 0.25) is 0 Å². The SMILES string of the molecule is CC[C@@H](O)[C@H](O)[C@@H](O)[C@@H](O)CO. The molecule has 5 heteroatoms. The molecule has 0 saturated carbocycles. The number of hydrogen-bond acceptors (Lipinski definition) is 5. The molecule has 0 aromatic rings. The van der Waals surface area contributed by atoms with E-state index in [4.69, 9.17) is 25.5 Å². The van der Waals surface area contributed by atoms with E-state index in [1.54, 1.807) is 6.92 Å². The Labute approximate surface area is 70.9 Å². The maximum atomic E-state index is 9.12. The van der Waals surface area contributed by atoms with Gasteiger partial charge < -0.3 is 25.5 Å². The molecular weight excluding hydrogens is 164 g/mol. The Bertz CT molecular complexity index is 104. The Morgan fingerprint density at radius 2 is 1.33 bits per heavy atom. The largest absolute Gasteiger partial charge is 0.394 e. The van der Waals surface area contributed by atoms with Crippen LogP contribution in [0.5, 0.6) is 0 Å². The van der Waals surface area contributed by atoms with Gasteiger partial charge in [0.05, 0.1) is 12.7 Å². The monoisotopic (exact) mass is 180 g/mol. The Balaban J connectivity index is 3.99. The summed E-state index contributed by atoms with van der Waals surface area (Å²) >= 11 is 0. The summed E-state index contributed by atoms with van der Waals surface area (Å²) in [6, 6.07) is 0. The fraction of sp³-hybridized carbons (Fsp3) is 1.00. The van der Waals surface area contributed by atoms with Gasteiger partial charge in [0.25, 0.3) is 0 Å². The topological polar surface area (TPSA) is 101 Å². The Hall–Kier alpha value is -0.200. The van der Waals surface area contributed by atoms with Crippen LogP contribution in [0.15, 0.2) is 0 Å². The molecule has 5 nitrogen and oxygen atoms in total. The second kappa shape index (κ2) is 5.45. The quantitative estimate of drug-likeness (QED) is 0.331. The van der Waals surface area contributed by atoms with Crippen LogP contribution in [0, 0.1) is 0 Å². The van der Waals surface area contributed by atoms with Crippen LogP contribution in [0.25, 0.3) is 0 Å². The van der Waals surface area contributed by atoms with E-state index in [1.165, 1.54) is 0 Å². The molecule has 0 aromatic heterocycles. The van der Waals surface area contributed by atoms with Gasteiger partial charge in [-0.25, -0.2) is 0 Å². The fourth-order valence-corrected chi connectivity index (χ4v) is 0.805. The Morgan fingerprint density at radius 3 is 1.67 bits per heavy atom. The predicted octanol–water partition coefficient (Wildman–Crippen LogP) is -2.17. The second-order valence-electron chi connectivity index (χ2n) is 2.71. The molecule has 0 fully saturated rings. The molecule has 74 valence electrons. The van der Waals surface area contributed by atoms with Crippen LogP contribution in [-0.4, -0.2) is 56.6 Å². The average Bonchev–Trinajstić information content (AvgIpc) is 2.12. The molecule has 0 unspecified atom stereocenters. The number of aliphatic hydroxyl groups excluding tert-OH is 5. The molecule has 0 saturated heterocycles. The normalized spacial score (nSPS) is 21.5.